The standard InChI is InChI=1S/C18H17N3O4/c22-17(11-12-1-9-16(10-2-12)21(24)25)19-14-5-7-15(8-6-14)20-18(23)13-3-4-13/h1-2,5-10,13H,3-4,11H2,(H,19,22)(H,20,23). The molecule has 2 amide bonds. The second-order valence-corrected chi connectivity index (χ2v) is 5.99. The lowest BCUT2D eigenvalue weighted by atomic mass is 10.1. The summed E-state index contributed by atoms with van der Waals surface area (Å²) in [6.07, 6.45) is 2.02. The molecule has 0 aromatic heterocycles. The lowest BCUT2D eigenvalue weighted by molar-refractivity contribution is -0.384. The van der Waals surface area contributed by atoms with Gasteiger partial charge in [-0.2, -0.15) is 0 Å². The van der Waals surface area contributed by atoms with E-state index in [1.54, 1.807) is 36.4 Å². The van der Waals surface area contributed by atoms with Gasteiger partial charge in [0.1, 0.15) is 0 Å². The fourth-order valence-corrected chi connectivity index (χ4v) is 2.35. The summed E-state index contributed by atoms with van der Waals surface area (Å²) in [6.45, 7) is 0. The number of amides is 2. The molecule has 0 bridgehead atoms. The first-order valence-electron chi connectivity index (χ1n) is 7.95. The van der Waals surface area contributed by atoms with Crippen LogP contribution in [-0.4, -0.2) is 16.7 Å². The Morgan fingerprint density at radius 3 is 2.04 bits per heavy atom. The van der Waals surface area contributed by atoms with E-state index in [1.807, 2.05) is 0 Å². The first-order valence-corrected chi connectivity index (χ1v) is 7.95. The van der Waals surface area contributed by atoms with Crippen molar-refractivity contribution in [3.05, 3.63) is 64.2 Å². The molecule has 0 atom stereocenters. The van der Waals surface area contributed by atoms with Crippen LogP contribution in [0.4, 0.5) is 17.1 Å². The second-order valence-electron chi connectivity index (χ2n) is 5.99. The minimum Gasteiger partial charge on any atom is -0.326 e. The molecule has 2 aromatic rings. The summed E-state index contributed by atoms with van der Waals surface area (Å²) in [5.41, 5.74) is 2.01. The Kier molecular flexibility index (Phi) is 4.74. The van der Waals surface area contributed by atoms with Gasteiger partial charge in [-0.25, -0.2) is 0 Å². The first kappa shape index (κ1) is 16.6. The van der Waals surface area contributed by atoms with E-state index in [1.165, 1.54) is 12.1 Å². The molecule has 0 unspecified atom stereocenters. The van der Waals surface area contributed by atoms with E-state index in [4.69, 9.17) is 0 Å². The van der Waals surface area contributed by atoms with E-state index in [9.17, 15) is 19.7 Å². The summed E-state index contributed by atoms with van der Waals surface area (Å²) < 4.78 is 0. The van der Waals surface area contributed by atoms with Crippen LogP contribution in [0.15, 0.2) is 48.5 Å². The lowest BCUT2D eigenvalue weighted by Gasteiger charge is -2.08. The lowest BCUT2D eigenvalue weighted by Crippen LogP contribution is -2.15. The van der Waals surface area contributed by atoms with E-state index in [2.05, 4.69) is 10.6 Å². The Morgan fingerprint density at radius 1 is 0.960 bits per heavy atom. The Balaban J connectivity index is 1.53. The van der Waals surface area contributed by atoms with Gasteiger partial charge in [0.15, 0.2) is 0 Å². The quantitative estimate of drug-likeness (QED) is 0.623. The Bertz CT molecular complexity index is 796. The number of hydrogen-bond donors (Lipinski definition) is 2. The predicted molar refractivity (Wildman–Crippen MR) is 93.2 cm³/mol. The number of benzene rings is 2. The molecular formula is C18H17N3O4. The minimum atomic E-state index is -0.479. The number of nitrogens with one attached hydrogen (secondary N) is 2. The van der Waals surface area contributed by atoms with Crippen molar-refractivity contribution in [3.63, 3.8) is 0 Å². The zero-order valence-corrected chi connectivity index (χ0v) is 13.4. The third kappa shape index (κ3) is 4.63. The van der Waals surface area contributed by atoms with Gasteiger partial charge in [-0.3, -0.25) is 19.7 Å². The number of non-ortho nitro benzene ring substituents is 1. The summed E-state index contributed by atoms with van der Waals surface area (Å²) in [6, 6.07) is 12.8. The van der Waals surface area contributed by atoms with E-state index in [-0.39, 0.29) is 29.8 Å². The Morgan fingerprint density at radius 2 is 1.52 bits per heavy atom. The maximum Gasteiger partial charge on any atom is 0.269 e. The molecule has 0 aliphatic heterocycles. The summed E-state index contributed by atoms with van der Waals surface area (Å²) >= 11 is 0. The van der Waals surface area contributed by atoms with Gasteiger partial charge >= 0.3 is 0 Å². The van der Waals surface area contributed by atoms with Crippen molar-refractivity contribution < 1.29 is 14.5 Å². The van der Waals surface area contributed by atoms with Gasteiger partial charge in [0, 0.05) is 29.4 Å². The van der Waals surface area contributed by atoms with Crippen LogP contribution in [0.5, 0.6) is 0 Å². The first-order chi connectivity index (χ1) is 12.0. The smallest absolute Gasteiger partial charge is 0.269 e. The molecule has 2 aromatic carbocycles. The predicted octanol–water partition coefficient (Wildman–Crippen LogP) is 3.12. The number of carbonyl (C=O) groups excluding carboxylic acids is 2. The van der Waals surface area contributed by atoms with E-state index < -0.39 is 4.92 Å². The topological polar surface area (TPSA) is 101 Å². The minimum absolute atomic E-state index is 0.00649. The molecule has 0 spiro atoms. The maximum atomic E-state index is 12.0. The molecule has 2 N–H and O–H groups in total. The van der Waals surface area contributed by atoms with Crippen LogP contribution in [-0.2, 0) is 16.0 Å². The van der Waals surface area contributed by atoms with Gasteiger partial charge in [-0.1, -0.05) is 12.1 Å². The number of carbonyl (C=O) groups is 2. The van der Waals surface area contributed by atoms with Crippen LogP contribution in [0.25, 0.3) is 0 Å². The van der Waals surface area contributed by atoms with Crippen LogP contribution in [0.3, 0.4) is 0 Å². The van der Waals surface area contributed by atoms with Gasteiger partial charge in [0.05, 0.1) is 11.3 Å². The molecule has 25 heavy (non-hydrogen) atoms. The Labute approximate surface area is 144 Å². The number of nitro benzene ring substituents is 1. The summed E-state index contributed by atoms with van der Waals surface area (Å²) in [7, 11) is 0. The highest BCUT2D eigenvalue weighted by Gasteiger charge is 2.29. The molecule has 3 rings (SSSR count). The molecule has 1 saturated carbocycles. The fraction of sp³-hybridized carbons (Fsp3) is 0.222. The SMILES string of the molecule is O=C(Cc1ccc([N+](=O)[O-])cc1)Nc1ccc(NC(=O)C2CC2)cc1. The summed E-state index contributed by atoms with van der Waals surface area (Å²) in [5.74, 6) is -0.0420. The normalized spacial score (nSPS) is 13.1. The average Bonchev–Trinajstić information content (AvgIpc) is 3.42. The van der Waals surface area contributed by atoms with Crippen molar-refractivity contribution in [1.29, 1.82) is 0 Å². The van der Waals surface area contributed by atoms with E-state index >= 15 is 0 Å². The summed E-state index contributed by atoms with van der Waals surface area (Å²) in [4.78, 5) is 33.9. The molecule has 1 aliphatic carbocycles. The van der Waals surface area contributed by atoms with Gasteiger partial charge in [0.2, 0.25) is 11.8 Å². The van der Waals surface area contributed by atoms with Gasteiger partial charge in [0.25, 0.3) is 5.69 Å². The van der Waals surface area contributed by atoms with Crippen LogP contribution in [0.1, 0.15) is 18.4 Å². The number of hydrogen-bond acceptors (Lipinski definition) is 4. The van der Waals surface area contributed by atoms with E-state index in [0.29, 0.717) is 16.9 Å². The number of nitrogens with zero attached hydrogens (tertiary/aromatic N) is 1. The molecule has 0 heterocycles. The zero-order chi connectivity index (χ0) is 17.8. The third-order valence-corrected chi connectivity index (χ3v) is 3.90. The molecule has 1 aliphatic rings. The molecule has 0 radical (unpaired) electrons. The molecule has 128 valence electrons. The fourth-order valence-electron chi connectivity index (χ4n) is 2.35. The van der Waals surface area contributed by atoms with Crippen LogP contribution in [0.2, 0.25) is 0 Å². The van der Waals surface area contributed by atoms with Crippen molar-refractivity contribution in [2.24, 2.45) is 5.92 Å². The van der Waals surface area contributed by atoms with Gasteiger partial charge < -0.3 is 10.6 Å². The molecular weight excluding hydrogens is 322 g/mol. The molecule has 0 saturated heterocycles. The second kappa shape index (κ2) is 7.12. The highest BCUT2D eigenvalue weighted by Crippen LogP contribution is 2.30. The van der Waals surface area contributed by atoms with E-state index in [0.717, 1.165) is 12.8 Å². The van der Waals surface area contributed by atoms with Crippen molar-refractivity contribution in [2.75, 3.05) is 10.6 Å². The van der Waals surface area contributed by atoms with Crippen molar-refractivity contribution in [1.82, 2.24) is 0 Å². The monoisotopic (exact) mass is 339 g/mol. The number of nitro groups is 1. The number of rotatable bonds is 6. The van der Waals surface area contributed by atoms with Crippen LogP contribution in [0, 0.1) is 16.0 Å². The molecule has 7 heteroatoms. The Hall–Kier alpha value is -3.22. The summed E-state index contributed by atoms with van der Waals surface area (Å²) in [5, 5.41) is 16.2. The van der Waals surface area contributed by atoms with Gasteiger partial charge in [-0.05, 0) is 42.7 Å². The van der Waals surface area contributed by atoms with Crippen molar-refractivity contribution >= 4 is 28.9 Å². The van der Waals surface area contributed by atoms with Gasteiger partial charge in [-0.15, -0.1) is 0 Å². The maximum absolute atomic E-state index is 12.0. The van der Waals surface area contributed by atoms with Crippen LogP contribution < -0.4 is 10.6 Å². The zero-order valence-electron chi connectivity index (χ0n) is 13.4. The highest BCUT2D eigenvalue weighted by molar-refractivity contribution is 5.95. The third-order valence-electron chi connectivity index (χ3n) is 3.90. The molecule has 7 nitrogen and oxygen atoms in total. The van der Waals surface area contributed by atoms with Crippen molar-refractivity contribution in [3.8, 4) is 0 Å². The van der Waals surface area contributed by atoms with Crippen LogP contribution >= 0.6 is 0 Å². The highest BCUT2D eigenvalue weighted by atomic mass is 16.6. The average molecular weight is 339 g/mol. The molecule has 1 fully saturated rings. The van der Waals surface area contributed by atoms with Crippen molar-refractivity contribution in [2.45, 2.75) is 19.3 Å². The number of anilines is 2. The largest absolute Gasteiger partial charge is 0.326 e.